The number of ether oxygens (including phenoxy) is 1. The first-order chi connectivity index (χ1) is 12.1. The van der Waals surface area contributed by atoms with E-state index in [1.807, 2.05) is 43.4 Å². The average molecular weight is 337 g/mol. The fourth-order valence-corrected chi connectivity index (χ4v) is 3.50. The third-order valence-corrected chi connectivity index (χ3v) is 5.01. The number of hydrogen-bond donors (Lipinski definition) is 0. The smallest absolute Gasteiger partial charge is 0.309 e. The highest BCUT2D eigenvalue weighted by Gasteiger charge is 2.27. The van der Waals surface area contributed by atoms with E-state index in [0.717, 1.165) is 42.5 Å². The largest absolute Gasteiger partial charge is 0.451 e. The number of esters is 1. The van der Waals surface area contributed by atoms with Crippen LogP contribution in [0.25, 0.3) is 0 Å². The van der Waals surface area contributed by atoms with Gasteiger partial charge in [0, 0.05) is 0 Å². The summed E-state index contributed by atoms with van der Waals surface area (Å²) in [7, 11) is 0. The Balaban J connectivity index is 1.74. The first-order valence-electron chi connectivity index (χ1n) is 9.33. The Bertz CT molecular complexity index is 681. The second-order valence-electron chi connectivity index (χ2n) is 7.08. The quantitative estimate of drug-likeness (QED) is 0.709. The van der Waals surface area contributed by atoms with Gasteiger partial charge in [-0.05, 0) is 50.0 Å². The maximum Gasteiger partial charge on any atom is 0.309 e. The molecule has 1 aromatic carbocycles. The monoisotopic (exact) mass is 337 g/mol. The summed E-state index contributed by atoms with van der Waals surface area (Å²) in [5.74, 6) is -0.00989. The molecule has 0 spiro atoms. The van der Waals surface area contributed by atoms with Crippen molar-refractivity contribution in [3.8, 4) is 0 Å². The number of rotatable bonds is 4. The zero-order valence-electron chi connectivity index (χ0n) is 15.2. The molecule has 0 aliphatic heterocycles. The Kier molecular flexibility index (Phi) is 5.85. The third kappa shape index (κ3) is 4.68. The van der Waals surface area contributed by atoms with Crippen LogP contribution in [0, 0.1) is 5.92 Å². The fraction of sp³-hybridized carbons (Fsp3) is 0.455. The number of carbonyl (C=O) groups is 1. The molecular weight excluding hydrogens is 310 g/mol. The molecule has 132 valence electrons. The second-order valence-corrected chi connectivity index (χ2v) is 7.08. The molecule has 2 atom stereocenters. The number of hydrogen-bond acceptors (Lipinski definition) is 3. The normalized spacial score (nSPS) is 24.0. The van der Waals surface area contributed by atoms with Gasteiger partial charge in [0.1, 0.15) is 0 Å². The van der Waals surface area contributed by atoms with Crippen LogP contribution in [0.3, 0.4) is 0 Å². The van der Waals surface area contributed by atoms with Crippen LogP contribution in [0.2, 0.25) is 0 Å². The lowest BCUT2D eigenvalue weighted by Gasteiger charge is -2.24. The van der Waals surface area contributed by atoms with Gasteiger partial charge in [-0.25, -0.2) is 0 Å². The van der Waals surface area contributed by atoms with Gasteiger partial charge in [0.25, 0.3) is 0 Å². The minimum atomic E-state index is -0.371. The standard InChI is InChI=1S/C22H27NO2/c1-16-13-14-21(25-22(24)19-11-7-4-8-12-19)20(15-16)23-17(2)18-9-5-3-6-10-18/h3,5-6,9-10,13-15,17,19,21H,4,7-8,11-12H2,1-2H3. The maximum absolute atomic E-state index is 12.5. The number of aliphatic imine (C=N–C) groups is 1. The molecule has 0 radical (unpaired) electrons. The summed E-state index contributed by atoms with van der Waals surface area (Å²) < 4.78 is 5.83. The summed E-state index contributed by atoms with van der Waals surface area (Å²) in [5, 5.41) is 0. The number of nitrogens with zero attached hydrogens (tertiary/aromatic N) is 1. The number of benzene rings is 1. The van der Waals surface area contributed by atoms with Crippen LogP contribution in [0.1, 0.15) is 57.6 Å². The summed E-state index contributed by atoms with van der Waals surface area (Å²) in [6, 6.07) is 10.2. The van der Waals surface area contributed by atoms with E-state index in [0.29, 0.717) is 0 Å². The molecule has 3 nitrogen and oxygen atoms in total. The summed E-state index contributed by atoms with van der Waals surface area (Å²) >= 11 is 0. The van der Waals surface area contributed by atoms with Gasteiger partial charge >= 0.3 is 5.97 Å². The molecule has 1 aromatic rings. The third-order valence-electron chi connectivity index (χ3n) is 5.01. The number of allylic oxidation sites excluding steroid dienone is 2. The van der Waals surface area contributed by atoms with E-state index in [-0.39, 0.29) is 24.0 Å². The molecule has 0 aromatic heterocycles. The Morgan fingerprint density at radius 2 is 1.88 bits per heavy atom. The van der Waals surface area contributed by atoms with E-state index in [1.165, 1.54) is 6.42 Å². The van der Waals surface area contributed by atoms with E-state index in [1.54, 1.807) is 0 Å². The molecule has 1 fully saturated rings. The van der Waals surface area contributed by atoms with Crippen LogP contribution in [0.4, 0.5) is 0 Å². The van der Waals surface area contributed by atoms with Crippen LogP contribution in [0.15, 0.2) is 59.1 Å². The zero-order chi connectivity index (χ0) is 17.6. The van der Waals surface area contributed by atoms with Crippen molar-refractivity contribution in [2.24, 2.45) is 10.9 Å². The van der Waals surface area contributed by atoms with Crippen LogP contribution < -0.4 is 0 Å². The van der Waals surface area contributed by atoms with Crippen molar-refractivity contribution in [1.29, 1.82) is 0 Å². The van der Waals surface area contributed by atoms with Gasteiger partial charge in [-0.3, -0.25) is 9.79 Å². The Morgan fingerprint density at radius 3 is 2.60 bits per heavy atom. The number of carbonyl (C=O) groups excluding carboxylic acids is 1. The van der Waals surface area contributed by atoms with E-state index < -0.39 is 0 Å². The highest BCUT2D eigenvalue weighted by atomic mass is 16.5. The molecular formula is C22H27NO2. The van der Waals surface area contributed by atoms with Gasteiger partial charge in [0.05, 0.1) is 17.7 Å². The lowest BCUT2D eigenvalue weighted by atomic mass is 9.89. The molecule has 3 rings (SSSR count). The molecule has 1 saturated carbocycles. The van der Waals surface area contributed by atoms with Gasteiger partial charge in [-0.2, -0.15) is 0 Å². The van der Waals surface area contributed by atoms with E-state index in [4.69, 9.17) is 9.73 Å². The van der Waals surface area contributed by atoms with Crippen molar-refractivity contribution in [2.75, 3.05) is 0 Å². The molecule has 0 N–H and O–H groups in total. The topological polar surface area (TPSA) is 38.7 Å². The van der Waals surface area contributed by atoms with Crippen molar-refractivity contribution >= 4 is 11.7 Å². The van der Waals surface area contributed by atoms with E-state index in [9.17, 15) is 4.79 Å². The SMILES string of the molecule is CC1=CC(=NC(C)c2ccccc2)C(OC(=O)C2CCCCC2)C=C1. The van der Waals surface area contributed by atoms with E-state index in [2.05, 4.69) is 19.1 Å². The average Bonchev–Trinajstić information content (AvgIpc) is 2.65. The van der Waals surface area contributed by atoms with Crippen LogP contribution in [-0.4, -0.2) is 17.8 Å². The second kappa shape index (κ2) is 8.28. The molecule has 2 aliphatic rings. The molecule has 3 heteroatoms. The van der Waals surface area contributed by atoms with Gasteiger partial charge in [-0.1, -0.05) is 55.7 Å². The highest BCUT2D eigenvalue weighted by molar-refractivity contribution is 6.03. The fourth-order valence-electron chi connectivity index (χ4n) is 3.50. The highest BCUT2D eigenvalue weighted by Crippen LogP contribution is 2.26. The first-order valence-corrected chi connectivity index (χ1v) is 9.33. The molecule has 0 bridgehead atoms. The lowest BCUT2D eigenvalue weighted by molar-refractivity contribution is -0.150. The summed E-state index contributed by atoms with van der Waals surface area (Å²) in [6.07, 6.45) is 11.0. The van der Waals surface area contributed by atoms with Gasteiger partial charge in [-0.15, -0.1) is 0 Å². The molecule has 0 heterocycles. The first kappa shape index (κ1) is 17.7. The van der Waals surface area contributed by atoms with Crippen LogP contribution in [0.5, 0.6) is 0 Å². The van der Waals surface area contributed by atoms with Crippen molar-refractivity contribution in [3.63, 3.8) is 0 Å². The maximum atomic E-state index is 12.5. The Hall–Kier alpha value is -2.16. The lowest BCUT2D eigenvalue weighted by Crippen LogP contribution is -2.30. The minimum Gasteiger partial charge on any atom is -0.451 e. The van der Waals surface area contributed by atoms with Crippen molar-refractivity contribution in [3.05, 3.63) is 59.7 Å². The molecule has 0 saturated heterocycles. The molecule has 0 amide bonds. The Morgan fingerprint density at radius 1 is 1.16 bits per heavy atom. The Labute approximate surface area is 150 Å². The molecule has 2 unspecified atom stereocenters. The predicted molar refractivity (Wildman–Crippen MR) is 102 cm³/mol. The molecule has 2 aliphatic carbocycles. The van der Waals surface area contributed by atoms with Crippen LogP contribution >= 0.6 is 0 Å². The van der Waals surface area contributed by atoms with Crippen LogP contribution in [-0.2, 0) is 9.53 Å². The summed E-state index contributed by atoms with van der Waals surface area (Å²) in [4.78, 5) is 17.4. The summed E-state index contributed by atoms with van der Waals surface area (Å²) in [6.45, 7) is 4.11. The van der Waals surface area contributed by atoms with Crippen molar-refractivity contribution < 1.29 is 9.53 Å². The summed E-state index contributed by atoms with van der Waals surface area (Å²) in [5.41, 5.74) is 3.12. The van der Waals surface area contributed by atoms with Gasteiger partial charge in [0.2, 0.25) is 0 Å². The zero-order valence-corrected chi connectivity index (χ0v) is 15.2. The minimum absolute atomic E-state index is 0.0302. The molecule has 25 heavy (non-hydrogen) atoms. The van der Waals surface area contributed by atoms with Gasteiger partial charge in [0.15, 0.2) is 6.10 Å². The van der Waals surface area contributed by atoms with Crippen molar-refractivity contribution in [1.82, 2.24) is 0 Å². The van der Waals surface area contributed by atoms with Gasteiger partial charge < -0.3 is 4.74 Å². The van der Waals surface area contributed by atoms with E-state index >= 15 is 0 Å². The predicted octanol–water partition coefficient (Wildman–Crippen LogP) is 5.20. The van der Waals surface area contributed by atoms with Crippen molar-refractivity contribution in [2.45, 2.75) is 58.1 Å².